The van der Waals surface area contributed by atoms with Crippen LogP contribution in [0.4, 0.5) is 8.78 Å². The van der Waals surface area contributed by atoms with Gasteiger partial charge in [0.05, 0.1) is 24.6 Å². The van der Waals surface area contributed by atoms with E-state index in [1.165, 1.54) is 24.1 Å². The van der Waals surface area contributed by atoms with E-state index in [2.05, 4.69) is 4.98 Å². The Morgan fingerprint density at radius 2 is 1.96 bits per heavy atom. The second-order valence-electron chi connectivity index (χ2n) is 6.63. The number of nitrogens with zero attached hydrogens (tertiary/aromatic N) is 1. The van der Waals surface area contributed by atoms with Crippen molar-refractivity contribution in [3.8, 4) is 17.0 Å². The molecule has 1 aliphatic carbocycles. The van der Waals surface area contributed by atoms with Gasteiger partial charge in [0.25, 0.3) is 0 Å². The van der Waals surface area contributed by atoms with Crippen molar-refractivity contribution in [2.24, 2.45) is 0 Å². The maximum Gasteiger partial charge on any atom is 0.305 e. The predicted octanol–water partition coefficient (Wildman–Crippen LogP) is 5.32. The Bertz CT molecular complexity index is 851. The lowest BCUT2D eigenvalue weighted by Crippen LogP contribution is -2.08. The van der Waals surface area contributed by atoms with Crippen LogP contribution in [0.1, 0.15) is 44.7 Å². The van der Waals surface area contributed by atoms with Crippen LogP contribution in [0, 0.1) is 11.6 Å². The van der Waals surface area contributed by atoms with Crippen LogP contribution >= 0.6 is 0 Å². The van der Waals surface area contributed by atoms with Crippen molar-refractivity contribution in [3.05, 3.63) is 53.2 Å². The molecule has 0 radical (unpaired) electrons. The van der Waals surface area contributed by atoms with Gasteiger partial charge in [-0.25, -0.2) is 13.8 Å². The van der Waals surface area contributed by atoms with Crippen LogP contribution in [0.3, 0.4) is 0 Å². The largest absolute Gasteiger partial charge is 0.488 e. The maximum atomic E-state index is 14.4. The van der Waals surface area contributed by atoms with Crippen molar-refractivity contribution in [2.75, 3.05) is 13.2 Å². The fraction of sp³-hybridized carbons (Fsp3) is 0.364. The highest BCUT2D eigenvalue weighted by Crippen LogP contribution is 2.30. The lowest BCUT2D eigenvalue weighted by Gasteiger charge is -2.15. The van der Waals surface area contributed by atoms with E-state index in [0.29, 0.717) is 24.3 Å². The first kappa shape index (κ1) is 20.0. The summed E-state index contributed by atoms with van der Waals surface area (Å²) in [6.07, 6.45) is 5.85. The number of benzene rings is 1. The third kappa shape index (κ3) is 5.15. The van der Waals surface area contributed by atoms with Crippen LogP contribution in [-0.2, 0) is 9.53 Å². The van der Waals surface area contributed by atoms with Gasteiger partial charge in [-0.05, 0) is 62.9 Å². The SMILES string of the molecule is CCOC(=O)CCCOc1c(F)cc(-c2cccc(C=C3CCC3)n2)cc1F. The second-order valence-corrected chi connectivity index (χ2v) is 6.63. The molecule has 6 heteroatoms. The molecule has 0 spiro atoms. The summed E-state index contributed by atoms with van der Waals surface area (Å²) < 4.78 is 38.8. The molecule has 1 fully saturated rings. The van der Waals surface area contributed by atoms with Crippen molar-refractivity contribution < 1.29 is 23.0 Å². The topological polar surface area (TPSA) is 48.4 Å². The van der Waals surface area contributed by atoms with Gasteiger partial charge in [-0.3, -0.25) is 4.79 Å². The molecule has 0 unspecified atom stereocenters. The van der Waals surface area contributed by atoms with Crippen LogP contribution in [0.5, 0.6) is 5.75 Å². The molecular weight excluding hydrogens is 364 g/mol. The van der Waals surface area contributed by atoms with E-state index in [1.807, 2.05) is 18.2 Å². The number of allylic oxidation sites excluding steroid dienone is 1. The number of aromatic nitrogens is 1. The lowest BCUT2D eigenvalue weighted by molar-refractivity contribution is -0.143. The Balaban J connectivity index is 1.68. The van der Waals surface area contributed by atoms with Gasteiger partial charge in [0.15, 0.2) is 17.4 Å². The Morgan fingerprint density at radius 1 is 1.21 bits per heavy atom. The highest BCUT2D eigenvalue weighted by molar-refractivity contribution is 5.69. The van der Waals surface area contributed by atoms with Crippen molar-refractivity contribution >= 4 is 12.0 Å². The van der Waals surface area contributed by atoms with Crippen LogP contribution in [0.15, 0.2) is 35.9 Å². The summed E-state index contributed by atoms with van der Waals surface area (Å²) in [6.45, 7) is 2.04. The average Bonchev–Trinajstić information content (AvgIpc) is 2.64. The molecule has 1 aromatic heterocycles. The highest BCUT2D eigenvalue weighted by atomic mass is 19.1. The number of ether oxygens (including phenoxy) is 2. The molecule has 0 bridgehead atoms. The number of hydrogen-bond donors (Lipinski definition) is 0. The summed E-state index contributed by atoms with van der Waals surface area (Å²) in [5.74, 6) is -2.39. The van der Waals surface area contributed by atoms with E-state index >= 15 is 0 Å². The quantitative estimate of drug-likeness (QED) is 0.455. The van der Waals surface area contributed by atoms with Gasteiger partial charge in [0.2, 0.25) is 0 Å². The fourth-order valence-corrected chi connectivity index (χ4v) is 2.90. The molecule has 0 atom stereocenters. The third-order valence-corrected chi connectivity index (χ3v) is 4.49. The Kier molecular flexibility index (Phi) is 6.74. The summed E-state index contributed by atoms with van der Waals surface area (Å²) in [6, 6.07) is 7.85. The first-order chi connectivity index (χ1) is 13.6. The second kappa shape index (κ2) is 9.44. The zero-order valence-electron chi connectivity index (χ0n) is 15.8. The number of rotatable bonds is 8. The number of carbonyl (C=O) groups is 1. The standard InChI is InChI=1S/C22H23F2NO3/c1-2-27-21(26)10-5-11-28-22-18(23)13-16(14-19(22)24)20-9-4-8-17(25-20)12-15-6-3-7-15/h4,8-9,12-14H,2-3,5-7,10-11H2,1H3. The molecule has 1 saturated carbocycles. The molecule has 0 N–H and O–H groups in total. The van der Waals surface area contributed by atoms with Gasteiger partial charge in [0.1, 0.15) is 0 Å². The molecule has 1 aromatic carbocycles. The van der Waals surface area contributed by atoms with E-state index in [1.54, 1.807) is 13.0 Å². The molecule has 2 aromatic rings. The molecule has 148 valence electrons. The zero-order chi connectivity index (χ0) is 19.9. The summed E-state index contributed by atoms with van der Waals surface area (Å²) in [5.41, 5.74) is 2.98. The summed E-state index contributed by atoms with van der Waals surface area (Å²) in [5, 5.41) is 0. The van der Waals surface area contributed by atoms with Crippen LogP contribution in [0.2, 0.25) is 0 Å². The molecule has 3 rings (SSSR count). The molecule has 1 aliphatic rings. The van der Waals surface area contributed by atoms with Gasteiger partial charge in [-0.1, -0.05) is 11.6 Å². The summed E-state index contributed by atoms with van der Waals surface area (Å²) in [7, 11) is 0. The molecular formula is C22H23F2NO3. The smallest absolute Gasteiger partial charge is 0.305 e. The lowest BCUT2D eigenvalue weighted by atomic mass is 9.91. The van der Waals surface area contributed by atoms with Gasteiger partial charge in [-0.15, -0.1) is 0 Å². The van der Waals surface area contributed by atoms with Crippen LogP contribution in [0.25, 0.3) is 17.3 Å². The van der Waals surface area contributed by atoms with E-state index in [0.717, 1.165) is 18.5 Å². The average molecular weight is 387 g/mol. The van der Waals surface area contributed by atoms with Crippen molar-refractivity contribution in [2.45, 2.75) is 39.0 Å². The normalized spacial score (nSPS) is 13.0. The number of pyridine rings is 1. The third-order valence-electron chi connectivity index (χ3n) is 4.49. The zero-order valence-corrected chi connectivity index (χ0v) is 15.8. The monoisotopic (exact) mass is 387 g/mol. The van der Waals surface area contributed by atoms with Gasteiger partial charge in [-0.2, -0.15) is 0 Å². The first-order valence-corrected chi connectivity index (χ1v) is 9.51. The Labute approximate surface area is 163 Å². The molecule has 1 heterocycles. The first-order valence-electron chi connectivity index (χ1n) is 9.51. The Hall–Kier alpha value is -2.76. The molecule has 0 saturated heterocycles. The molecule has 0 aliphatic heterocycles. The van der Waals surface area contributed by atoms with Gasteiger partial charge >= 0.3 is 5.97 Å². The number of hydrogen-bond acceptors (Lipinski definition) is 4. The number of esters is 1. The van der Waals surface area contributed by atoms with E-state index in [-0.39, 0.29) is 19.0 Å². The fourth-order valence-electron chi connectivity index (χ4n) is 2.90. The minimum atomic E-state index is -0.796. The number of halogens is 2. The maximum absolute atomic E-state index is 14.4. The van der Waals surface area contributed by atoms with E-state index in [9.17, 15) is 13.6 Å². The van der Waals surface area contributed by atoms with E-state index < -0.39 is 17.4 Å². The summed E-state index contributed by atoms with van der Waals surface area (Å²) in [4.78, 5) is 15.8. The molecule has 28 heavy (non-hydrogen) atoms. The highest BCUT2D eigenvalue weighted by Gasteiger charge is 2.15. The molecule has 4 nitrogen and oxygen atoms in total. The predicted molar refractivity (Wildman–Crippen MR) is 103 cm³/mol. The minimum Gasteiger partial charge on any atom is -0.488 e. The van der Waals surface area contributed by atoms with Crippen LogP contribution < -0.4 is 4.74 Å². The van der Waals surface area contributed by atoms with Crippen molar-refractivity contribution in [1.29, 1.82) is 0 Å². The van der Waals surface area contributed by atoms with Crippen molar-refractivity contribution in [1.82, 2.24) is 4.98 Å². The minimum absolute atomic E-state index is 0.0211. The van der Waals surface area contributed by atoms with Crippen molar-refractivity contribution in [3.63, 3.8) is 0 Å². The molecule has 0 amide bonds. The summed E-state index contributed by atoms with van der Waals surface area (Å²) >= 11 is 0. The van der Waals surface area contributed by atoms with Gasteiger partial charge < -0.3 is 9.47 Å². The number of carbonyl (C=O) groups excluding carboxylic acids is 1. The van der Waals surface area contributed by atoms with E-state index in [4.69, 9.17) is 9.47 Å². The Morgan fingerprint density at radius 3 is 2.61 bits per heavy atom. The van der Waals surface area contributed by atoms with Gasteiger partial charge in [0, 0.05) is 12.0 Å². The van der Waals surface area contributed by atoms with Crippen LogP contribution in [-0.4, -0.2) is 24.2 Å².